The number of aromatic amines is 1. The van der Waals surface area contributed by atoms with E-state index in [2.05, 4.69) is 9.97 Å². The first kappa shape index (κ1) is 11.5. The van der Waals surface area contributed by atoms with Crippen molar-refractivity contribution in [2.45, 2.75) is 6.92 Å². The van der Waals surface area contributed by atoms with Crippen molar-refractivity contribution in [3.8, 4) is 5.75 Å². The Bertz CT molecular complexity index is 493. The van der Waals surface area contributed by atoms with Gasteiger partial charge in [0.2, 0.25) is 0 Å². The summed E-state index contributed by atoms with van der Waals surface area (Å²) in [5.74, 6) is 0.633. The Kier molecular flexibility index (Phi) is 3.31. The van der Waals surface area contributed by atoms with Crippen LogP contribution in [0.5, 0.6) is 5.75 Å². The molecule has 1 N–H and O–H groups in total. The van der Waals surface area contributed by atoms with Gasteiger partial charge in [-0.05, 0) is 19.1 Å². The smallest absolute Gasteiger partial charge is 0.160 e. The quantitative estimate of drug-likeness (QED) is 0.799. The summed E-state index contributed by atoms with van der Waals surface area (Å²) in [5.41, 5.74) is 2.19. The number of ether oxygens (including phenoxy) is 1. The number of H-pyrrole nitrogens is 1. The fourth-order valence-electron chi connectivity index (χ4n) is 1.38. The first-order valence-corrected chi connectivity index (χ1v) is 4.24. The van der Waals surface area contributed by atoms with Crippen LogP contribution in [-0.2, 0) is 0 Å². The summed E-state index contributed by atoms with van der Waals surface area (Å²) in [6.45, 7) is 1.52. The van der Waals surface area contributed by atoms with E-state index in [0.29, 0.717) is 11.3 Å². The van der Waals surface area contributed by atoms with Crippen LogP contribution in [-0.4, -0.2) is 22.9 Å². The zero-order valence-corrected chi connectivity index (χ0v) is 9.22. The van der Waals surface area contributed by atoms with E-state index in [1.165, 1.54) is 6.92 Å². The molecule has 0 saturated carbocycles. The number of hydrogen-bond donors (Lipinski definition) is 1. The van der Waals surface area contributed by atoms with Gasteiger partial charge in [0.25, 0.3) is 0 Å². The maximum absolute atomic E-state index is 11.2. The summed E-state index contributed by atoms with van der Waals surface area (Å²) in [4.78, 5) is 18.2. The molecule has 4 nitrogen and oxygen atoms in total. The van der Waals surface area contributed by atoms with Crippen molar-refractivity contribution in [1.29, 1.82) is 0 Å². The number of carbonyl (C=O) groups is 1. The molecule has 5 heteroatoms. The summed E-state index contributed by atoms with van der Waals surface area (Å²) < 4.78 is 5.14. The van der Waals surface area contributed by atoms with E-state index in [4.69, 9.17) is 4.74 Å². The van der Waals surface area contributed by atoms with Gasteiger partial charge in [0.1, 0.15) is 11.3 Å². The number of carbonyl (C=O) groups excluding carboxylic acids is 1. The maximum Gasteiger partial charge on any atom is 0.160 e. The van der Waals surface area contributed by atoms with Gasteiger partial charge >= 0.3 is 0 Å². The molecule has 2 aromatic rings. The number of imidazole rings is 1. The summed E-state index contributed by atoms with van der Waals surface area (Å²) in [5, 5.41) is 0. The molecular weight excluding hydrogens is 216 g/mol. The minimum Gasteiger partial charge on any atom is -0.494 e. The minimum atomic E-state index is 0. The number of hydrogen-bond acceptors (Lipinski definition) is 3. The molecule has 1 heterocycles. The average molecular weight is 227 g/mol. The lowest BCUT2D eigenvalue weighted by Gasteiger charge is -2.02. The maximum atomic E-state index is 11.2. The average Bonchev–Trinajstić information content (AvgIpc) is 2.63. The Hall–Kier alpha value is -1.55. The Morgan fingerprint density at radius 3 is 2.80 bits per heavy atom. The Morgan fingerprint density at radius 2 is 2.20 bits per heavy atom. The number of Topliss-reactive ketones (excluding diaryl/α,β-unsaturated/α-hetero) is 1. The monoisotopic (exact) mass is 226 g/mol. The predicted octanol–water partition coefficient (Wildman–Crippen LogP) is 2.20. The molecule has 0 atom stereocenters. The summed E-state index contributed by atoms with van der Waals surface area (Å²) in [7, 11) is 1.56. The molecule has 2 rings (SSSR count). The van der Waals surface area contributed by atoms with E-state index in [-0.39, 0.29) is 18.2 Å². The van der Waals surface area contributed by atoms with Crippen molar-refractivity contribution >= 4 is 29.2 Å². The van der Waals surface area contributed by atoms with Gasteiger partial charge in [-0.15, -0.1) is 12.4 Å². The van der Waals surface area contributed by atoms with Gasteiger partial charge in [-0.3, -0.25) is 4.79 Å². The molecule has 1 aromatic heterocycles. The second kappa shape index (κ2) is 4.31. The standard InChI is InChI=1S/C10H10N2O2.ClH/c1-6(13)7-3-8-10(12-5-11-8)9(4-7)14-2;/h3-5H,1-2H3,(H,11,12);1H. The molecule has 0 unspecified atom stereocenters. The van der Waals surface area contributed by atoms with E-state index < -0.39 is 0 Å². The molecule has 1 aromatic carbocycles. The highest BCUT2D eigenvalue weighted by molar-refractivity contribution is 5.98. The number of fused-ring (bicyclic) bond motifs is 1. The lowest BCUT2D eigenvalue weighted by Crippen LogP contribution is -1.94. The first-order valence-electron chi connectivity index (χ1n) is 4.24. The van der Waals surface area contributed by atoms with Gasteiger partial charge in [-0.2, -0.15) is 0 Å². The molecule has 0 aliphatic heterocycles. The van der Waals surface area contributed by atoms with Gasteiger partial charge in [0.05, 0.1) is 19.0 Å². The highest BCUT2D eigenvalue weighted by Crippen LogP contribution is 2.24. The number of ketones is 1. The second-order valence-corrected chi connectivity index (χ2v) is 3.03. The zero-order chi connectivity index (χ0) is 10.1. The van der Waals surface area contributed by atoms with Crippen molar-refractivity contribution in [2.24, 2.45) is 0 Å². The Labute approximate surface area is 93.1 Å². The van der Waals surface area contributed by atoms with Gasteiger partial charge in [-0.25, -0.2) is 4.98 Å². The number of methoxy groups -OCH3 is 1. The van der Waals surface area contributed by atoms with Crippen LogP contribution >= 0.6 is 12.4 Å². The minimum absolute atomic E-state index is 0. The third kappa shape index (κ3) is 1.94. The van der Waals surface area contributed by atoms with E-state index in [1.54, 1.807) is 25.6 Å². The molecule has 15 heavy (non-hydrogen) atoms. The molecule has 0 aliphatic rings. The lowest BCUT2D eigenvalue weighted by atomic mass is 10.1. The zero-order valence-electron chi connectivity index (χ0n) is 8.40. The fourth-order valence-corrected chi connectivity index (χ4v) is 1.38. The SMILES string of the molecule is COc1cc(C(C)=O)cc2[nH]cnc12.Cl. The summed E-state index contributed by atoms with van der Waals surface area (Å²) >= 11 is 0. The van der Waals surface area contributed by atoms with Crippen LogP contribution in [0.15, 0.2) is 18.5 Å². The van der Waals surface area contributed by atoms with Gasteiger partial charge in [0.15, 0.2) is 5.78 Å². The predicted molar refractivity (Wildman–Crippen MR) is 59.9 cm³/mol. The number of halogens is 1. The molecular formula is C10H11ClN2O2. The highest BCUT2D eigenvalue weighted by Gasteiger charge is 2.08. The normalized spacial score (nSPS) is 9.73. The molecule has 0 radical (unpaired) electrons. The van der Waals surface area contributed by atoms with Crippen LogP contribution in [0.25, 0.3) is 11.0 Å². The van der Waals surface area contributed by atoms with Crippen LogP contribution in [0.4, 0.5) is 0 Å². The highest BCUT2D eigenvalue weighted by atomic mass is 35.5. The van der Waals surface area contributed by atoms with Gasteiger partial charge < -0.3 is 9.72 Å². The fraction of sp³-hybridized carbons (Fsp3) is 0.200. The molecule has 0 aliphatic carbocycles. The first-order chi connectivity index (χ1) is 6.72. The molecule has 80 valence electrons. The number of benzene rings is 1. The molecule has 0 amide bonds. The Morgan fingerprint density at radius 1 is 1.47 bits per heavy atom. The van der Waals surface area contributed by atoms with Gasteiger partial charge in [-0.1, -0.05) is 0 Å². The second-order valence-electron chi connectivity index (χ2n) is 3.03. The topological polar surface area (TPSA) is 55.0 Å². The van der Waals surface area contributed by atoms with E-state index in [1.807, 2.05) is 0 Å². The number of aromatic nitrogens is 2. The van der Waals surface area contributed by atoms with Crippen molar-refractivity contribution in [3.05, 3.63) is 24.0 Å². The van der Waals surface area contributed by atoms with Crippen molar-refractivity contribution in [3.63, 3.8) is 0 Å². The van der Waals surface area contributed by atoms with Crippen LogP contribution < -0.4 is 4.74 Å². The number of rotatable bonds is 2. The van der Waals surface area contributed by atoms with Crippen LogP contribution in [0.3, 0.4) is 0 Å². The summed E-state index contributed by atoms with van der Waals surface area (Å²) in [6, 6.07) is 3.47. The summed E-state index contributed by atoms with van der Waals surface area (Å²) in [6.07, 6.45) is 1.58. The van der Waals surface area contributed by atoms with Crippen molar-refractivity contribution in [2.75, 3.05) is 7.11 Å². The van der Waals surface area contributed by atoms with Crippen LogP contribution in [0.2, 0.25) is 0 Å². The van der Waals surface area contributed by atoms with E-state index in [0.717, 1.165) is 11.0 Å². The molecule has 0 saturated heterocycles. The third-order valence-corrected chi connectivity index (χ3v) is 2.12. The number of nitrogens with one attached hydrogen (secondary N) is 1. The van der Waals surface area contributed by atoms with E-state index in [9.17, 15) is 4.79 Å². The van der Waals surface area contributed by atoms with Crippen molar-refractivity contribution < 1.29 is 9.53 Å². The van der Waals surface area contributed by atoms with Crippen LogP contribution in [0, 0.1) is 0 Å². The third-order valence-electron chi connectivity index (χ3n) is 2.12. The molecule has 0 fully saturated rings. The van der Waals surface area contributed by atoms with Gasteiger partial charge in [0, 0.05) is 5.56 Å². The molecule has 0 spiro atoms. The van der Waals surface area contributed by atoms with Crippen LogP contribution in [0.1, 0.15) is 17.3 Å². The van der Waals surface area contributed by atoms with Crippen molar-refractivity contribution in [1.82, 2.24) is 9.97 Å². The Balaban J connectivity index is 0.00000112. The van der Waals surface area contributed by atoms with E-state index >= 15 is 0 Å². The number of nitrogens with zero attached hydrogens (tertiary/aromatic N) is 1. The molecule has 0 bridgehead atoms. The lowest BCUT2D eigenvalue weighted by molar-refractivity contribution is 0.101. The largest absolute Gasteiger partial charge is 0.494 e.